The van der Waals surface area contributed by atoms with Crippen molar-refractivity contribution in [3.63, 3.8) is 0 Å². The molecule has 0 aromatic rings. The SMILES string of the molecule is CC(C)CC1CC(CCN2CCNCC2)CCN1. The summed E-state index contributed by atoms with van der Waals surface area (Å²) in [4.78, 5) is 2.63. The summed E-state index contributed by atoms with van der Waals surface area (Å²) in [5, 5.41) is 7.12. The largest absolute Gasteiger partial charge is 0.314 e. The van der Waals surface area contributed by atoms with Gasteiger partial charge in [-0.25, -0.2) is 0 Å². The minimum Gasteiger partial charge on any atom is -0.314 e. The molecule has 2 atom stereocenters. The summed E-state index contributed by atoms with van der Waals surface area (Å²) < 4.78 is 0. The van der Waals surface area contributed by atoms with Crippen LogP contribution in [-0.4, -0.2) is 50.2 Å². The Bertz CT molecular complexity index is 224. The lowest BCUT2D eigenvalue weighted by atomic mass is 9.86. The van der Waals surface area contributed by atoms with Gasteiger partial charge in [-0.3, -0.25) is 0 Å². The van der Waals surface area contributed by atoms with Crippen molar-refractivity contribution < 1.29 is 0 Å². The van der Waals surface area contributed by atoms with Crippen molar-refractivity contribution in [2.75, 3.05) is 39.3 Å². The fraction of sp³-hybridized carbons (Fsp3) is 1.00. The Labute approximate surface area is 113 Å². The topological polar surface area (TPSA) is 27.3 Å². The third-order valence-electron chi connectivity index (χ3n) is 4.42. The second-order valence-corrected chi connectivity index (χ2v) is 6.55. The van der Waals surface area contributed by atoms with E-state index in [1.54, 1.807) is 0 Å². The molecule has 2 heterocycles. The molecule has 0 spiro atoms. The van der Waals surface area contributed by atoms with Gasteiger partial charge in [-0.2, -0.15) is 0 Å². The van der Waals surface area contributed by atoms with E-state index in [1.807, 2.05) is 0 Å². The van der Waals surface area contributed by atoms with Crippen molar-refractivity contribution in [1.82, 2.24) is 15.5 Å². The third kappa shape index (κ3) is 4.87. The molecule has 0 amide bonds. The number of nitrogens with one attached hydrogen (secondary N) is 2. The molecule has 0 saturated carbocycles. The maximum absolute atomic E-state index is 3.69. The summed E-state index contributed by atoms with van der Waals surface area (Å²) in [6.45, 7) is 12.1. The van der Waals surface area contributed by atoms with Gasteiger partial charge in [0.15, 0.2) is 0 Å². The highest BCUT2D eigenvalue weighted by molar-refractivity contribution is 4.80. The Morgan fingerprint density at radius 1 is 1.17 bits per heavy atom. The van der Waals surface area contributed by atoms with Gasteiger partial charge >= 0.3 is 0 Å². The first-order valence-corrected chi connectivity index (χ1v) is 7.90. The van der Waals surface area contributed by atoms with Crippen LogP contribution in [0.4, 0.5) is 0 Å². The second kappa shape index (κ2) is 7.46. The van der Waals surface area contributed by atoms with Gasteiger partial charge in [0, 0.05) is 32.2 Å². The molecule has 0 aromatic heterocycles. The number of piperazine rings is 1. The van der Waals surface area contributed by atoms with Crippen molar-refractivity contribution in [3.8, 4) is 0 Å². The van der Waals surface area contributed by atoms with Crippen LogP contribution in [0.15, 0.2) is 0 Å². The monoisotopic (exact) mass is 253 g/mol. The van der Waals surface area contributed by atoms with Gasteiger partial charge in [0.2, 0.25) is 0 Å². The Morgan fingerprint density at radius 3 is 2.67 bits per heavy atom. The maximum atomic E-state index is 3.69. The Balaban J connectivity index is 1.65. The molecule has 0 bridgehead atoms. The zero-order chi connectivity index (χ0) is 12.8. The van der Waals surface area contributed by atoms with Crippen LogP contribution in [0, 0.1) is 11.8 Å². The smallest absolute Gasteiger partial charge is 0.0107 e. The van der Waals surface area contributed by atoms with Gasteiger partial charge in [0.1, 0.15) is 0 Å². The number of piperidine rings is 1. The van der Waals surface area contributed by atoms with E-state index in [0.29, 0.717) is 0 Å². The number of rotatable bonds is 5. The molecule has 2 N–H and O–H groups in total. The molecule has 0 aromatic carbocycles. The van der Waals surface area contributed by atoms with E-state index in [9.17, 15) is 0 Å². The molecule has 0 aliphatic carbocycles. The molecule has 2 aliphatic rings. The van der Waals surface area contributed by atoms with Crippen LogP contribution >= 0.6 is 0 Å². The molecule has 2 saturated heterocycles. The summed E-state index contributed by atoms with van der Waals surface area (Å²) in [6, 6.07) is 0.784. The summed E-state index contributed by atoms with van der Waals surface area (Å²) in [6.07, 6.45) is 5.56. The predicted molar refractivity (Wildman–Crippen MR) is 77.9 cm³/mol. The van der Waals surface area contributed by atoms with E-state index in [2.05, 4.69) is 29.4 Å². The lowest BCUT2D eigenvalue weighted by molar-refractivity contribution is 0.197. The molecule has 0 radical (unpaired) electrons. The van der Waals surface area contributed by atoms with Crippen LogP contribution in [0.3, 0.4) is 0 Å². The molecule has 2 aliphatic heterocycles. The van der Waals surface area contributed by atoms with Crippen molar-refractivity contribution in [1.29, 1.82) is 0 Å². The van der Waals surface area contributed by atoms with Gasteiger partial charge in [-0.15, -0.1) is 0 Å². The van der Waals surface area contributed by atoms with Crippen molar-refractivity contribution >= 4 is 0 Å². The third-order valence-corrected chi connectivity index (χ3v) is 4.42. The molecule has 3 heteroatoms. The molecule has 2 unspecified atom stereocenters. The van der Waals surface area contributed by atoms with E-state index < -0.39 is 0 Å². The molecule has 2 fully saturated rings. The van der Waals surface area contributed by atoms with E-state index >= 15 is 0 Å². The molecular weight excluding hydrogens is 222 g/mol. The summed E-state index contributed by atoms with van der Waals surface area (Å²) in [5.41, 5.74) is 0. The Morgan fingerprint density at radius 2 is 1.94 bits per heavy atom. The Hall–Kier alpha value is -0.120. The van der Waals surface area contributed by atoms with Crippen LogP contribution in [-0.2, 0) is 0 Å². The normalized spacial score (nSPS) is 30.8. The fourth-order valence-corrected chi connectivity index (χ4v) is 3.41. The van der Waals surface area contributed by atoms with Crippen LogP contribution in [0.25, 0.3) is 0 Å². The standard InChI is InChI=1S/C15H31N3/c1-13(2)11-15-12-14(3-5-17-15)4-8-18-9-6-16-7-10-18/h13-17H,3-12H2,1-2H3. The highest BCUT2D eigenvalue weighted by atomic mass is 15.2. The highest BCUT2D eigenvalue weighted by Gasteiger charge is 2.22. The first-order chi connectivity index (χ1) is 8.74. The van der Waals surface area contributed by atoms with E-state index in [4.69, 9.17) is 0 Å². The maximum Gasteiger partial charge on any atom is 0.0107 e. The molecule has 18 heavy (non-hydrogen) atoms. The van der Waals surface area contributed by atoms with Gasteiger partial charge in [0.05, 0.1) is 0 Å². The van der Waals surface area contributed by atoms with E-state index in [1.165, 1.54) is 65.0 Å². The van der Waals surface area contributed by atoms with Crippen LogP contribution in [0.1, 0.15) is 39.5 Å². The summed E-state index contributed by atoms with van der Waals surface area (Å²) in [7, 11) is 0. The summed E-state index contributed by atoms with van der Waals surface area (Å²) >= 11 is 0. The minimum atomic E-state index is 0.784. The lowest BCUT2D eigenvalue weighted by Gasteiger charge is -2.34. The van der Waals surface area contributed by atoms with E-state index in [-0.39, 0.29) is 0 Å². The second-order valence-electron chi connectivity index (χ2n) is 6.55. The Kier molecular flexibility index (Phi) is 5.93. The average Bonchev–Trinajstić information content (AvgIpc) is 2.37. The van der Waals surface area contributed by atoms with Crippen LogP contribution in [0.2, 0.25) is 0 Å². The van der Waals surface area contributed by atoms with Crippen LogP contribution in [0.5, 0.6) is 0 Å². The lowest BCUT2D eigenvalue weighted by Crippen LogP contribution is -2.45. The van der Waals surface area contributed by atoms with Gasteiger partial charge < -0.3 is 15.5 Å². The van der Waals surface area contributed by atoms with E-state index in [0.717, 1.165) is 17.9 Å². The zero-order valence-electron chi connectivity index (χ0n) is 12.3. The number of nitrogens with zero attached hydrogens (tertiary/aromatic N) is 1. The number of hydrogen-bond acceptors (Lipinski definition) is 3. The van der Waals surface area contributed by atoms with Crippen molar-refractivity contribution in [3.05, 3.63) is 0 Å². The summed E-state index contributed by atoms with van der Waals surface area (Å²) in [5.74, 6) is 1.79. The van der Waals surface area contributed by atoms with Crippen molar-refractivity contribution in [2.24, 2.45) is 11.8 Å². The molecule has 2 rings (SSSR count). The van der Waals surface area contributed by atoms with Gasteiger partial charge in [-0.1, -0.05) is 13.8 Å². The van der Waals surface area contributed by atoms with Gasteiger partial charge in [-0.05, 0) is 50.6 Å². The average molecular weight is 253 g/mol. The first kappa shape index (κ1) is 14.3. The zero-order valence-corrected chi connectivity index (χ0v) is 12.3. The first-order valence-electron chi connectivity index (χ1n) is 7.90. The molecule has 106 valence electrons. The highest BCUT2D eigenvalue weighted by Crippen LogP contribution is 2.23. The van der Waals surface area contributed by atoms with Crippen molar-refractivity contribution in [2.45, 2.75) is 45.6 Å². The molecule has 3 nitrogen and oxygen atoms in total. The quantitative estimate of drug-likeness (QED) is 0.781. The fourth-order valence-electron chi connectivity index (χ4n) is 3.41. The predicted octanol–water partition coefficient (Wildman–Crippen LogP) is 1.70. The molecular formula is C15H31N3. The van der Waals surface area contributed by atoms with Crippen LogP contribution < -0.4 is 10.6 Å². The number of hydrogen-bond donors (Lipinski definition) is 2. The minimum absolute atomic E-state index is 0.784. The van der Waals surface area contributed by atoms with Gasteiger partial charge in [0.25, 0.3) is 0 Å².